The van der Waals surface area contributed by atoms with Gasteiger partial charge in [0.25, 0.3) is 5.91 Å². The molecule has 0 saturated carbocycles. The van der Waals surface area contributed by atoms with Gasteiger partial charge in [-0.15, -0.1) is 11.6 Å². The fourth-order valence-electron chi connectivity index (χ4n) is 1.76. The highest BCUT2D eigenvalue weighted by Gasteiger charge is 2.23. The number of carbonyl (C=O) groups excluding carboxylic acids is 1. The van der Waals surface area contributed by atoms with Crippen LogP contribution in [0, 0.1) is 0 Å². The normalized spacial score (nSPS) is 14.8. The SMILES string of the molecule is CC1=COc2ccccc2C(=O)N1CCCCl. The lowest BCUT2D eigenvalue weighted by Crippen LogP contribution is -2.29. The fourth-order valence-corrected chi connectivity index (χ4v) is 1.88. The summed E-state index contributed by atoms with van der Waals surface area (Å²) in [7, 11) is 0. The summed E-state index contributed by atoms with van der Waals surface area (Å²) in [5.74, 6) is 1.11. The van der Waals surface area contributed by atoms with E-state index in [4.69, 9.17) is 16.3 Å². The molecule has 0 saturated heterocycles. The predicted octanol–water partition coefficient (Wildman–Crippen LogP) is 3.01. The van der Waals surface area contributed by atoms with Crippen molar-refractivity contribution in [2.75, 3.05) is 12.4 Å². The van der Waals surface area contributed by atoms with Crippen LogP contribution < -0.4 is 4.74 Å². The van der Waals surface area contributed by atoms with Crippen LogP contribution in [0.1, 0.15) is 23.7 Å². The van der Waals surface area contributed by atoms with E-state index < -0.39 is 0 Å². The van der Waals surface area contributed by atoms with Crippen LogP contribution >= 0.6 is 11.6 Å². The van der Waals surface area contributed by atoms with Gasteiger partial charge < -0.3 is 9.64 Å². The molecule has 0 unspecified atom stereocenters. The zero-order valence-electron chi connectivity index (χ0n) is 9.65. The first-order valence-corrected chi connectivity index (χ1v) is 6.08. The zero-order valence-corrected chi connectivity index (χ0v) is 10.4. The third-order valence-corrected chi connectivity index (χ3v) is 2.93. The molecule has 1 heterocycles. The van der Waals surface area contributed by atoms with Gasteiger partial charge in [-0.1, -0.05) is 12.1 Å². The summed E-state index contributed by atoms with van der Waals surface area (Å²) < 4.78 is 5.48. The molecule has 0 bridgehead atoms. The topological polar surface area (TPSA) is 29.5 Å². The largest absolute Gasteiger partial charge is 0.462 e. The Morgan fingerprint density at radius 1 is 1.35 bits per heavy atom. The van der Waals surface area contributed by atoms with Crippen molar-refractivity contribution in [1.29, 1.82) is 0 Å². The van der Waals surface area contributed by atoms with Crippen LogP contribution in [0.3, 0.4) is 0 Å². The molecule has 1 aromatic rings. The van der Waals surface area contributed by atoms with Crippen molar-refractivity contribution >= 4 is 17.5 Å². The molecule has 3 nitrogen and oxygen atoms in total. The number of fused-ring (bicyclic) bond motifs is 1. The van der Waals surface area contributed by atoms with Gasteiger partial charge in [0.2, 0.25) is 0 Å². The highest BCUT2D eigenvalue weighted by molar-refractivity contribution is 6.17. The number of hydrogen-bond acceptors (Lipinski definition) is 2. The predicted molar refractivity (Wildman–Crippen MR) is 67.2 cm³/mol. The third-order valence-electron chi connectivity index (χ3n) is 2.66. The van der Waals surface area contributed by atoms with Crippen molar-refractivity contribution in [3.8, 4) is 5.75 Å². The first-order valence-electron chi connectivity index (χ1n) is 5.54. The maximum Gasteiger partial charge on any atom is 0.261 e. The molecule has 1 amide bonds. The van der Waals surface area contributed by atoms with Crippen molar-refractivity contribution in [2.45, 2.75) is 13.3 Å². The number of ether oxygens (including phenoxy) is 1. The van der Waals surface area contributed by atoms with Crippen LogP contribution in [0.15, 0.2) is 36.2 Å². The minimum absolute atomic E-state index is 0.0306. The first kappa shape index (κ1) is 12.0. The Bertz CT molecular complexity index is 456. The van der Waals surface area contributed by atoms with Gasteiger partial charge >= 0.3 is 0 Å². The average Bonchev–Trinajstić information content (AvgIpc) is 2.47. The second-order valence-electron chi connectivity index (χ2n) is 3.87. The molecule has 2 rings (SSSR count). The van der Waals surface area contributed by atoms with E-state index in [0.29, 0.717) is 23.7 Å². The summed E-state index contributed by atoms with van der Waals surface area (Å²) in [5, 5.41) is 0. The lowest BCUT2D eigenvalue weighted by Gasteiger charge is -2.20. The third kappa shape index (κ3) is 2.44. The number of hydrogen-bond donors (Lipinski definition) is 0. The molecule has 1 aliphatic heterocycles. The molecule has 0 fully saturated rings. The molecule has 1 aromatic carbocycles. The molecule has 90 valence electrons. The summed E-state index contributed by atoms with van der Waals surface area (Å²) >= 11 is 5.67. The molecule has 4 heteroatoms. The van der Waals surface area contributed by atoms with E-state index in [9.17, 15) is 4.79 Å². The molecule has 0 N–H and O–H groups in total. The quantitative estimate of drug-likeness (QED) is 0.773. The van der Waals surface area contributed by atoms with E-state index in [-0.39, 0.29) is 5.91 Å². The molecule has 0 aliphatic carbocycles. The Kier molecular flexibility index (Phi) is 3.69. The Labute approximate surface area is 106 Å². The van der Waals surface area contributed by atoms with E-state index in [1.54, 1.807) is 23.3 Å². The van der Waals surface area contributed by atoms with Gasteiger partial charge in [0, 0.05) is 12.4 Å². The van der Waals surface area contributed by atoms with E-state index in [1.807, 2.05) is 19.1 Å². The highest BCUT2D eigenvalue weighted by atomic mass is 35.5. The van der Waals surface area contributed by atoms with Gasteiger partial charge in [-0.3, -0.25) is 4.79 Å². The Morgan fingerprint density at radius 2 is 2.12 bits per heavy atom. The molecule has 0 radical (unpaired) electrons. The van der Waals surface area contributed by atoms with Crippen LogP contribution in [-0.2, 0) is 0 Å². The number of allylic oxidation sites excluding steroid dienone is 1. The first-order chi connectivity index (χ1) is 8.24. The van der Waals surface area contributed by atoms with Crippen molar-refractivity contribution < 1.29 is 9.53 Å². The summed E-state index contributed by atoms with van der Waals surface area (Å²) in [4.78, 5) is 14.0. The van der Waals surface area contributed by atoms with Crippen LogP contribution in [-0.4, -0.2) is 23.2 Å². The second kappa shape index (κ2) is 5.23. The lowest BCUT2D eigenvalue weighted by atomic mass is 10.1. The minimum Gasteiger partial charge on any atom is -0.462 e. The molecule has 1 aliphatic rings. The van der Waals surface area contributed by atoms with Crippen molar-refractivity contribution in [2.24, 2.45) is 0 Å². The number of nitrogens with zero attached hydrogens (tertiary/aromatic N) is 1. The Hall–Kier alpha value is -1.48. The summed E-state index contributed by atoms with van der Waals surface area (Å²) in [5.41, 5.74) is 1.39. The van der Waals surface area contributed by atoms with Gasteiger partial charge in [-0.2, -0.15) is 0 Å². The summed E-state index contributed by atoms with van der Waals surface area (Å²) in [6.07, 6.45) is 2.37. The molecule has 0 spiro atoms. The zero-order chi connectivity index (χ0) is 12.3. The van der Waals surface area contributed by atoms with Crippen molar-refractivity contribution in [1.82, 2.24) is 4.90 Å². The molecular weight excluding hydrogens is 238 g/mol. The van der Waals surface area contributed by atoms with Gasteiger partial charge in [-0.05, 0) is 25.5 Å². The number of alkyl halides is 1. The number of carbonyl (C=O) groups is 1. The smallest absolute Gasteiger partial charge is 0.261 e. The van der Waals surface area contributed by atoms with Gasteiger partial charge in [0.05, 0.1) is 11.3 Å². The van der Waals surface area contributed by atoms with E-state index in [1.165, 1.54) is 0 Å². The maximum atomic E-state index is 12.3. The lowest BCUT2D eigenvalue weighted by molar-refractivity contribution is 0.0808. The van der Waals surface area contributed by atoms with Crippen LogP contribution in [0.5, 0.6) is 5.75 Å². The molecule has 0 aromatic heterocycles. The number of para-hydroxylation sites is 1. The van der Waals surface area contributed by atoms with Gasteiger partial charge in [0.15, 0.2) is 0 Å². The van der Waals surface area contributed by atoms with E-state index in [2.05, 4.69) is 0 Å². The summed E-state index contributed by atoms with van der Waals surface area (Å²) in [6.45, 7) is 2.47. The van der Waals surface area contributed by atoms with Crippen molar-refractivity contribution in [3.63, 3.8) is 0 Å². The maximum absolute atomic E-state index is 12.3. The average molecular weight is 252 g/mol. The standard InChI is InChI=1S/C13H14ClNO2/c1-10-9-17-12-6-3-2-5-11(12)13(16)15(10)8-4-7-14/h2-3,5-6,9H,4,7-8H2,1H3. The fraction of sp³-hybridized carbons (Fsp3) is 0.308. The van der Waals surface area contributed by atoms with Crippen molar-refractivity contribution in [3.05, 3.63) is 41.8 Å². The van der Waals surface area contributed by atoms with Crippen LogP contribution in [0.25, 0.3) is 0 Å². The van der Waals surface area contributed by atoms with E-state index in [0.717, 1.165) is 12.1 Å². The molecular formula is C13H14ClNO2. The van der Waals surface area contributed by atoms with Crippen LogP contribution in [0.2, 0.25) is 0 Å². The summed E-state index contributed by atoms with van der Waals surface area (Å²) in [6, 6.07) is 7.25. The number of benzene rings is 1. The Morgan fingerprint density at radius 3 is 2.88 bits per heavy atom. The number of halogens is 1. The minimum atomic E-state index is -0.0306. The number of rotatable bonds is 3. The van der Waals surface area contributed by atoms with Gasteiger partial charge in [0.1, 0.15) is 12.0 Å². The molecule has 17 heavy (non-hydrogen) atoms. The monoisotopic (exact) mass is 251 g/mol. The second-order valence-corrected chi connectivity index (χ2v) is 4.25. The van der Waals surface area contributed by atoms with Gasteiger partial charge in [-0.25, -0.2) is 0 Å². The number of amides is 1. The van der Waals surface area contributed by atoms with E-state index >= 15 is 0 Å². The van der Waals surface area contributed by atoms with Crippen LogP contribution in [0.4, 0.5) is 0 Å². The highest BCUT2D eigenvalue weighted by Crippen LogP contribution is 2.25. The Balaban J connectivity index is 2.33. The molecule has 0 atom stereocenters.